The van der Waals surface area contributed by atoms with E-state index in [2.05, 4.69) is 4.65 Å². The minimum absolute atomic E-state index is 0. The highest BCUT2D eigenvalue weighted by molar-refractivity contribution is 6.29. The van der Waals surface area contributed by atoms with Gasteiger partial charge in [0.25, 0.3) is 0 Å². The van der Waals surface area contributed by atoms with E-state index in [-0.39, 0.29) is 17.6 Å². The molecule has 1 rings (SSSR count). The van der Waals surface area contributed by atoms with E-state index in [1.54, 1.807) is 12.1 Å². The van der Waals surface area contributed by atoms with Crippen molar-refractivity contribution in [2.45, 2.75) is 0 Å². The van der Waals surface area contributed by atoms with Crippen molar-refractivity contribution in [1.29, 1.82) is 0 Å². The van der Waals surface area contributed by atoms with E-state index >= 15 is 0 Å². The monoisotopic (exact) mass is 169 g/mol. The first-order valence-corrected chi connectivity index (χ1v) is 2.96. The van der Waals surface area contributed by atoms with E-state index in [1.807, 2.05) is 0 Å². The third-order valence-corrected chi connectivity index (χ3v) is 1.09. The number of benzene rings is 1. The van der Waals surface area contributed by atoms with Crippen molar-refractivity contribution >= 4 is 7.32 Å². The third-order valence-electron chi connectivity index (χ3n) is 1.09. The highest BCUT2D eigenvalue weighted by atomic mass is 16.6. The molecular weight excluding hydrogens is 161 g/mol. The standard InChI is InChI=1S/C6H5BO4.H3N/c8-5-3-1-2-4-6(5)11-7(9)10;/h1-4,8H;1H3/q-2;. The molecule has 66 valence electrons. The van der Waals surface area contributed by atoms with E-state index in [4.69, 9.17) is 5.11 Å². The molecule has 1 aromatic carbocycles. The van der Waals surface area contributed by atoms with Crippen LogP contribution >= 0.6 is 0 Å². The quantitative estimate of drug-likeness (QED) is 0.531. The Labute approximate surface area is 70.0 Å². The van der Waals surface area contributed by atoms with Crippen molar-refractivity contribution in [3.63, 3.8) is 0 Å². The normalized spacial score (nSPS) is 8.50. The molecule has 0 saturated carbocycles. The number of aromatic hydroxyl groups is 1. The molecule has 6 heteroatoms. The molecule has 0 aromatic heterocycles. The van der Waals surface area contributed by atoms with Gasteiger partial charge in [0.1, 0.15) is 13.1 Å². The highest BCUT2D eigenvalue weighted by Crippen LogP contribution is 2.23. The predicted molar refractivity (Wildman–Crippen MR) is 39.5 cm³/mol. The average Bonchev–Trinajstić information content (AvgIpc) is 1.93. The number of phenolic OH excluding ortho intramolecular Hbond substituents is 1. The van der Waals surface area contributed by atoms with E-state index in [0.717, 1.165) is 0 Å². The molecule has 0 amide bonds. The molecular formula is C6H8BNO4-2. The number of hydrogen-bond donors (Lipinski definition) is 2. The van der Waals surface area contributed by atoms with Gasteiger partial charge in [-0.1, -0.05) is 12.1 Å². The molecule has 0 spiro atoms. The lowest BCUT2D eigenvalue weighted by atomic mass is 10.2. The Morgan fingerprint density at radius 3 is 2.33 bits per heavy atom. The number of para-hydroxylation sites is 2. The summed E-state index contributed by atoms with van der Waals surface area (Å²) in [6.45, 7) is 0. The minimum atomic E-state index is -2.40. The lowest BCUT2D eigenvalue weighted by Crippen LogP contribution is -2.50. The van der Waals surface area contributed by atoms with Crippen molar-refractivity contribution in [3.8, 4) is 11.5 Å². The second-order valence-electron chi connectivity index (χ2n) is 1.87. The van der Waals surface area contributed by atoms with E-state index in [1.165, 1.54) is 12.1 Å². The van der Waals surface area contributed by atoms with Gasteiger partial charge in [-0.15, -0.1) is 0 Å². The van der Waals surface area contributed by atoms with Gasteiger partial charge in [-0.3, -0.25) is 0 Å². The summed E-state index contributed by atoms with van der Waals surface area (Å²) in [5.41, 5.74) is 0. The molecule has 0 heterocycles. The molecule has 0 radical (unpaired) electrons. The van der Waals surface area contributed by atoms with Crippen LogP contribution in [0, 0.1) is 0 Å². The van der Waals surface area contributed by atoms with Crippen LogP contribution in [0.25, 0.3) is 0 Å². The third kappa shape index (κ3) is 2.79. The van der Waals surface area contributed by atoms with Gasteiger partial charge in [0.2, 0.25) is 0 Å². The first kappa shape index (κ1) is 10.8. The molecule has 4 N–H and O–H groups in total. The number of rotatable bonds is 2. The van der Waals surface area contributed by atoms with Crippen LogP contribution < -0.4 is 20.9 Å². The average molecular weight is 169 g/mol. The zero-order valence-electron chi connectivity index (χ0n) is 6.27. The van der Waals surface area contributed by atoms with Crippen LogP contribution in [-0.2, 0) is 0 Å². The fourth-order valence-corrected chi connectivity index (χ4v) is 0.660. The van der Waals surface area contributed by atoms with Crippen molar-refractivity contribution in [3.05, 3.63) is 24.3 Å². The molecule has 0 aliphatic heterocycles. The minimum Gasteiger partial charge on any atom is -0.860 e. The molecule has 0 saturated heterocycles. The lowest BCUT2D eigenvalue weighted by Gasteiger charge is -2.26. The highest BCUT2D eigenvalue weighted by Gasteiger charge is 1.96. The van der Waals surface area contributed by atoms with Crippen LogP contribution in [0.15, 0.2) is 24.3 Å². The molecule has 1 aromatic rings. The van der Waals surface area contributed by atoms with Crippen LogP contribution in [0.3, 0.4) is 0 Å². The Hall–Kier alpha value is -1.24. The van der Waals surface area contributed by atoms with Gasteiger partial charge in [-0.05, 0) is 12.1 Å². The number of hydrogen-bond acceptors (Lipinski definition) is 5. The maximum atomic E-state index is 9.96. The van der Waals surface area contributed by atoms with Gasteiger partial charge in [0, 0.05) is 0 Å². The topological polar surface area (TPSA) is 111 Å². The first-order valence-electron chi connectivity index (χ1n) is 2.96. The summed E-state index contributed by atoms with van der Waals surface area (Å²) in [5, 5.41) is 28.9. The molecule has 5 nitrogen and oxygen atoms in total. The summed E-state index contributed by atoms with van der Waals surface area (Å²) < 4.78 is 4.18. The lowest BCUT2D eigenvalue weighted by molar-refractivity contribution is -0.372. The molecule has 0 aliphatic rings. The molecule has 0 bridgehead atoms. The number of phenols is 1. The van der Waals surface area contributed by atoms with E-state index in [9.17, 15) is 10.0 Å². The summed E-state index contributed by atoms with van der Waals surface area (Å²) >= 11 is 0. The van der Waals surface area contributed by atoms with Gasteiger partial charge in [-0.2, -0.15) is 0 Å². The summed E-state index contributed by atoms with van der Waals surface area (Å²) in [7, 11) is -2.40. The summed E-state index contributed by atoms with van der Waals surface area (Å²) in [6.07, 6.45) is 0. The Kier molecular flexibility index (Phi) is 4.13. The maximum Gasteiger partial charge on any atom is 0.155 e. The van der Waals surface area contributed by atoms with Crippen LogP contribution in [-0.4, -0.2) is 12.4 Å². The molecule has 0 fully saturated rings. The van der Waals surface area contributed by atoms with Crippen molar-refractivity contribution in [2.24, 2.45) is 0 Å². The van der Waals surface area contributed by atoms with Crippen molar-refractivity contribution < 1.29 is 19.8 Å². The summed E-state index contributed by atoms with van der Waals surface area (Å²) in [6, 6.07) is 5.79. The summed E-state index contributed by atoms with van der Waals surface area (Å²) in [4.78, 5) is 0. The van der Waals surface area contributed by atoms with Crippen LogP contribution in [0.4, 0.5) is 0 Å². The maximum absolute atomic E-state index is 9.96. The van der Waals surface area contributed by atoms with Gasteiger partial charge in [0.15, 0.2) is 5.75 Å². The smallest absolute Gasteiger partial charge is 0.155 e. The Morgan fingerprint density at radius 1 is 1.25 bits per heavy atom. The Bertz CT molecular complexity index is 243. The van der Waals surface area contributed by atoms with Gasteiger partial charge < -0.3 is 26.0 Å². The predicted octanol–water partition coefficient (Wildman–Crippen LogP) is -1.36. The Balaban J connectivity index is 0.00000121. The van der Waals surface area contributed by atoms with Gasteiger partial charge in [-0.25, -0.2) is 0 Å². The van der Waals surface area contributed by atoms with E-state index in [0.29, 0.717) is 0 Å². The first-order chi connectivity index (χ1) is 5.20. The van der Waals surface area contributed by atoms with Gasteiger partial charge in [0.05, 0.1) is 0 Å². The fourth-order valence-electron chi connectivity index (χ4n) is 0.660. The molecule has 0 unspecified atom stereocenters. The second kappa shape index (κ2) is 4.60. The summed E-state index contributed by atoms with van der Waals surface area (Å²) in [5.74, 6) is -0.285. The fraction of sp³-hybridized carbons (Fsp3) is 0. The second-order valence-corrected chi connectivity index (χ2v) is 1.87. The van der Waals surface area contributed by atoms with E-state index < -0.39 is 7.32 Å². The van der Waals surface area contributed by atoms with Crippen molar-refractivity contribution in [1.82, 2.24) is 6.15 Å². The zero-order chi connectivity index (χ0) is 8.27. The zero-order valence-corrected chi connectivity index (χ0v) is 6.27. The SMILES string of the molecule is N.[O-]B([O-])Oc1ccccc1O. The molecule has 0 aliphatic carbocycles. The van der Waals surface area contributed by atoms with Crippen molar-refractivity contribution in [2.75, 3.05) is 0 Å². The van der Waals surface area contributed by atoms with Gasteiger partial charge >= 0.3 is 0 Å². The molecule has 0 atom stereocenters. The largest absolute Gasteiger partial charge is 0.860 e. The molecule has 12 heavy (non-hydrogen) atoms. The Morgan fingerprint density at radius 2 is 1.83 bits per heavy atom. The van der Waals surface area contributed by atoms with Crippen LogP contribution in [0.1, 0.15) is 0 Å². The van der Waals surface area contributed by atoms with Crippen LogP contribution in [0.5, 0.6) is 11.5 Å². The van der Waals surface area contributed by atoms with Crippen LogP contribution in [0.2, 0.25) is 0 Å².